The van der Waals surface area contributed by atoms with Crippen LogP contribution in [0.2, 0.25) is 0 Å². The lowest BCUT2D eigenvalue weighted by molar-refractivity contribution is -0.129. The van der Waals surface area contributed by atoms with E-state index in [1.807, 2.05) is 72.8 Å². The zero-order chi connectivity index (χ0) is 24.9. The van der Waals surface area contributed by atoms with Crippen molar-refractivity contribution in [2.24, 2.45) is 5.92 Å². The average molecular weight is 564 g/mol. The lowest BCUT2D eigenvalue weighted by Gasteiger charge is -2.39. The fourth-order valence-electron chi connectivity index (χ4n) is 4.98. The topological polar surface area (TPSA) is 41.6 Å². The standard InChI is InChI=1S/C30H31BrN2O2S/c1-21-9-5-7-13-26(21)33-29(34)28(36-30(33)32-25-11-3-2-4-12-25)19-23-10-6-8-14-27(23)35-20-22-15-17-24(31)18-16-22/h2-4,6,8,10-12,14-19,21,26,30,32H,5,7,9,13,20H2,1H3/b28-19-/t21-,26+,30?/m0/s1. The normalized spacial score (nSPS) is 23.2. The summed E-state index contributed by atoms with van der Waals surface area (Å²) in [5, 5.41) is 3.61. The summed E-state index contributed by atoms with van der Waals surface area (Å²) in [5.74, 6) is 1.37. The van der Waals surface area contributed by atoms with Crippen molar-refractivity contribution >= 4 is 45.4 Å². The first kappa shape index (κ1) is 25.0. The maximum Gasteiger partial charge on any atom is 0.262 e. The Morgan fingerprint density at radius 3 is 2.50 bits per heavy atom. The van der Waals surface area contributed by atoms with Gasteiger partial charge in [-0.05, 0) is 60.7 Å². The van der Waals surface area contributed by atoms with Crippen LogP contribution in [-0.2, 0) is 11.4 Å². The maximum absolute atomic E-state index is 13.8. The summed E-state index contributed by atoms with van der Waals surface area (Å²) in [7, 11) is 0. The maximum atomic E-state index is 13.8. The molecule has 1 unspecified atom stereocenters. The molecule has 0 aromatic heterocycles. The van der Waals surface area contributed by atoms with Crippen LogP contribution < -0.4 is 10.1 Å². The Balaban J connectivity index is 1.40. The summed E-state index contributed by atoms with van der Waals surface area (Å²) >= 11 is 5.08. The van der Waals surface area contributed by atoms with Crippen molar-refractivity contribution in [3.8, 4) is 5.75 Å². The second-order valence-corrected chi connectivity index (χ2v) is 11.5. The van der Waals surface area contributed by atoms with E-state index >= 15 is 0 Å². The SMILES string of the molecule is C[C@H]1CCCC[C@H]1N1C(=O)/C(=C/c2ccccc2OCc2ccc(Br)cc2)SC1Nc1ccccc1. The molecule has 2 fully saturated rings. The van der Waals surface area contributed by atoms with Gasteiger partial charge in [-0.3, -0.25) is 4.79 Å². The number of hydrogen-bond acceptors (Lipinski definition) is 4. The van der Waals surface area contributed by atoms with Crippen LogP contribution in [0.5, 0.6) is 5.75 Å². The Hall–Kier alpha value is -2.70. The van der Waals surface area contributed by atoms with E-state index in [0.29, 0.717) is 12.5 Å². The number of para-hydroxylation sites is 2. The minimum Gasteiger partial charge on any atom is -0.488 e. The zero-order valence-corrected chi connectivity index (χ0v) is 22.8. The van der Waals surface area contributed by atoms with E-state index in [-0.39, 0.29) is 17.4 Å². The molecule has 36 heavy (non-hydrogen) atoms. The molecule has 4 nitrogen and oxygen atoms in total. The Kier molecular flexibility index (Phi) is 8.02. The second-order valence-electron chi connectivity index (χ2n) is 9.48. The van der Waals surface area contributed by atoms with Gasteiger partial charge >= 0.3 is 0 Å². The van der Waals surface area contributed by atoms with Gasteiger partial charge < -0.3 is 15.0 Å². The molecule has 3 aromatic carbocycles. The summed E-state index contributed by atoms with van der Waals surface area (Å²) in [6, 6.07) is 26.5. The molecule has 5 rings (SSSR count). The van der Waals surface area contributed by atoms with E-state index in [0.717, 1.165) is 38.4 Å². The molecule has 6 heteroatoms. The third-order valence-electron chi connectivity index (χ3n) is 6.94. The van der Waals surface area contributed by atoms with E-state index in [1.165, 1.54) is 19.3 Å². The lowest BCUT2D eigenvalue weighted by atomic mass is 9.85. The van der Waals surface area contributed by atoms with E-state index in [9.17, 15) is 4.79 Å². The molecule has 1 saturated heterocycles. The molecule has 1 N–H and O–H groups in total. The number of nitrogens with zero attached hydrogens (tertiary/aromatic N) is 1. The second kappa shape index (κ2) is 11.6. The number of anilines is 1. The average Bonchev–Trinajstić information content (AvgIpc) is 3.19. The van der Waals surface area contributed by atoms with Crippen LogP contribution in [0.25, 0.3) is 6.08 Å². The minimum absolute atomic E-state index is 0.106. The van der Waals surface area contributed by atoms with Crippen molar-refractivity contribution in [3.63, 3.8) is 0 Å². The number of carbonyl (C=O) groups is 1. The summed E-state index contributed by atoms with van der Waals surface area (Å²) < 4.78 is 7.23. The molecule has 1 heterocycles. The Morgan fingerprint density at radius 1 is 1.00 bits per heavy atom. The minimum atomic E-state index is -0.132. The fraction of sp³-hybridized carbons (Fsp3) is 0.300. The van der Waals surface area contributed by atoms with Gasteiger partial charge in [0.2, 0.25) is 0 Å². The molecule has 0 spiro atoms. The third kappa shape index (κ3) is 5.81. The highest BCUT2D eigenvalue weighted by molar-refractivity contribution is 9.10. The predicted octanol–water partition coefficient (Wildman–Crippen LogP) is 7.92. The number of benzene rings is 3. The molecule has 0 bridgehead atoms. The van der Waals surface area contributed by atoms with Crippen molar-refractivity contribution in [1.82, 2.24) is 4.90 Å². The summed E-state index contributed by atoms with van der Waals surface area (Å²) in [6.07, 6.45) is 6.64. The molecule has 1 aliphatic heterocycles. The van der Waals surface area contributed by atoms with Gasteiger partial charge in [-0.2, -0.15) is 0 Å². The van der Waals surface area contributed by atoms with Crippen molar-refractivity contribution in [2.45, 2.75) is 50.8 Å². The van der Waals surface area contributed by atoms with E-state index < -0.39 is 0 Å². The van der Waals surface area contributed by atoms with Gasteiger partial charge in [0.15, 0.2) is 5.50 Å². The van der Waals surface area contributed by atoms with Crippen molar-refractivity contribution in [1.29, 1.82) is 0 Å². The number of ether oxygens (including phenoxy) is 1. The number of hydrogen-bond donors (Lipinski definition) is 1. The fourth-order valence-corrected chi connectivity index (χ4v) is 6.45. The molecular weight excluding hydrogens is 532 g/mol. The Labute approximate surface area is 226 Å². The highest BCUT2D eigenvalue weighted by Gasteiger charge is 2.43. The van der Waals surface area contributed by atoms with Crippen molar-refractivity contribution in [2.75, 3.05) is 5.32 Å². The van der Waals surface area contributed by atoms with E-state index in [4.69, 9.17) is 4.74 Å². The van der Waals surface area contributed by atoms with E-state index in [1.54, 1.807) is 11.8 Å². The Bertz CT molecular complexity index is 1220. The van der Waals surface area contributed by atoms with Gasteiger partial charge in [0.05, 0.1) is 4.91 Å². The molecular formula is C30H31BrN2O2S. The number of nitrogens with one attached hydrogen (secondary N) is 1. The number of rotatable bonds is 7. The van der Waals surface area contributed by atoms with Gasteiger partial charge in [-0.15, -0.1) is 0 Å². The first-order valence-corrected chi connectivity index (χ1v) is 14.2. The lowest BCUT2D eigenvalue weighted by Crippen LogP contribution is -2.48. The highest BCUT2D eigenvalue weighted by Crippen LogP contribution is 2.42. The summed E-state index contributed by atoms with van der Waals surface area (Å²) in [6.45, 7) is 2.76. The molecule has 3 aromatic rings. The largest absolute Gasteiger partial charge is 0.488 e. The van der Waals surface area contributed by atoms with E-state index in [2.05, 4.69) is 45.2 Å². The van der Waals surface area contributed by atoms with Gasteiger partial charge in [0.25, 0.3) is 5.91 Å². The Morgan fingerprint density at radius 2 is 1.72 bits per heavy atom. The molecule has 3 atom stereocenters. The van der Waals surface area contributed by atoms with Crippen LogP contribution in [-0.4, -0.2) is 22.3 Å². The van der Waals surface area contributed by atoms with Crippen LogP contribution >= 0.6 is 27.7 Å². The number of thioether (sulfide) groups is 1. The molecule has 2 aliphatic rings. The molecule has 1 amide bonds. The summed E-state index contributed by atoms with van der Waals surface area (Å²) in [5.41, 5.74) is 2.90. The van der Waals surface area contributed by atoms with Crippen LogP contribution in [0.3, 0.4) is 0 Å². The monoisotopic (exact) mass is 562 g/mol. The van der Waals surface area contributed by atoms with Gasteiger partial charge in [-0.25, -0.2) is 0 Å². The number of amides is 1. The van der Waals surface area contributed by atoms with Crippen LogP contribution in [0, 0.1) is 5.92 Å². The van der Waals surface area contributed by atoms with Crippen molar-refractivity contribution in [3.05, 3.63) is 99.4 Å². The predicted molar refractivity (Wildman–Crippen MR) is 153 cm³/mol. The van der Waals surface area contributed by atoms with Crippen LogP contribution in [0.4, 0.5) is 5.69 Å². The molecule has 0 radical (unpaired) electrons. The smallest absolute Gasteiger partial charge is 0.262 e. The van der Waals surface area contributed by atoms with Gasteiger partial charge in [0.1, 0.15) is 12.4 Å². The number of halogens is 1. The van der Waals surface area contributed by atoms with Gasteiger partial charge in [-0.1, -0.05) is 96.0 Å². The molecule has 1 aliphatic carbocycles. The highest BCUT2D eigenvalue weighted by atomic mass is 79.9. The summed E-state index contributed by atoms with van der Waals surface area (Å²) in [4.78, 5) is 16.7. The van der Waals surface area contributed by atoms with Gasteiger partial charge in [0, 0.05) is 21.8 Å². The number of carbonyl (C=O) groups excluding carboxylic acids is 1. The van der Waals surface area contributed by atoms with Crippen molar-refractivity contribution < 1.29 is 9.53 Å². The first-order valence-electron chi connectivity index (χ1n) is 12.6. The first-order chi connectivity index (χ1) is 17.6. The quantitative estimate of drug-likeness (QED) is 0.297. The third-order valence-corrected chi connectivity index (χ3v) is 8.58. The van der Waals surface area contributed by atoms with Crippen LogP contribution in [0.15, 0.2) is 88.2 Å². The molecule has 186 valence electrons. The zero-order valence-electron chi connectivity index (χ0n) is 20.4. The van der Waals surface area contributed by atoms with Crippen LogP contribution in [0.1, 0.15) is 43.7 Å². The molecule has 1 saturated carbocycles.